The van der Waals surface area contributed by atoms with Gasteiger partial charge in [0, 0.05) is 0 Å². The first-order valence-corrected chi connectivity index (χ1v) is 2.27. The standard InChI is InChI=1S/C4H8N2O3/c1-9-6-4(8)2-3(5)7/h2H2,1H3,(H2,5,7)(H,6,8). The number of carbonyl (C=O) groups is 2. The number of nitrogens with one attached hydrogen (secondary N) is 1. The minimum absolute atomic E-state index is 0.339. The second-order valence-electron chi connectivity index (χ2n) is 1.37. The van der Waals surface area contributed by atoms with Gasteiger partial charge >= 0.3 is 0 Å². The number of nitrogens with two attached hydrogens (primary N) is 1. The molecule has 2 amide bonds. The Morgan fingerprint density at radius 1 is 1.67 bits per heavy atom. The summed E-state index contributed by atoms with van der Waals surface area (Å²) in [6.45, 7) is 0. The van der Waals surface area contributed by atoms with Crippen LogP contribution < -0.4 is 11.2 Å². The van der Waals surface area contributed by atoms with Gasteiger partial charge in [-0.2, -0.15) is 0 Å². The van der Waals surface area contributed by atoms with Crippen LogP contribution in [0.1, 0.15) is 6.42 Å². The average Bonchev–Trinajstić information content (AvgIpc) is 1.63. The second-order valence-corrected chi connectivity index (χ2v) is 1.37. The second kappa shape index (κ2) is 3.85. The van der Waals surface area contributed by atoms with Crippen LogP contribution in [0, 0.1) is 0 Å². The fourth-order valence-electron chi connectivity index (χ4n) is 0.308. The topological polar surface area (TPSA) is 81.4 Å². The highest BCUT2D eigenvalue weighted by molar-refractivity contribution is 5.95. The number of rotatable bonds is 3. The van der Waals surface area contributed by atoms with Crippen molar-refractivity contribution in [2.75, 3.05) is 7.11 Å². The lowest BCUT2D eigenvalue weighted by atomic mass is 10.4. The molecule has 0 aromatic carbocycles. The van der Waals surface area contributed by atoms with Gasteiger partial charge in [0.1, 0.15) is 6.42 Å². The van der Waals surface area contributed by atoms with E-state index in [2.05, 4.69) is 10.6 Å². The molecule has 0 aliphatic heterocycles. The Hall–Kier alpha value is -1.10. The van der Waals surface area contributed by atoms with Crippen LogP contribution in [0.25, 0.3) is 0 Å². The Labute approximate surface area is 52.1 Å². The monoisotopic (exact) mass is 132 g/mol. The molecule has 0 atom stereocenters. The number of hydroxylamine groups is 1. The van der Waals surface area contributed by atoms with Crippen molar-refractivity contribution in [2.45, 2.75) is 6.42 Å². The van der Waals surface area contributed by atoms with E-state index in [1.807, 2.05) is 5.48 Å². The van der Waals surface area contributed by atoms with Gasteiger partial charge in [-0.1, -0.05) is 0 Å². The maximum Gasteiger partial charge on any atom is 0.252 e. The summed E-state index contributed by atoms with van der Waals surface area (Å²) in [5, 5.41) is 0. The minimum atomic E-state index is -0.676. The maximum atomic E-state index is 10.3. The zero-order chi connectivity index (χ0) is 7.28. The zero-order valence-electron chi connectivity index (χ0n) is 5.01. The molecule has 0 aromatic heterocycles. The Morgan fingerprint density at radius 3 is 2.56 bits per heavy atom. The molecule has 0 unspecified atom stereocenters. The largest absolute Gasteiger partial charge is 0.369 e. The molecule has 0 radical (unpaired) electrons. The molecule has 0 bridgehead atoms. The molecule has 0 rings (SSSR count). The van der Waals surface area contributed by atoms with E-state index in [1.165, 1.54) is 7.11 Å². The first kappa shape index (κ1) is 7.90. The van der Waals surface area contributed by atoms with Gasteiger partial charge in [0.05, 0.1) is 7.11 Å². The molecule has 0 saturated heterocycles. The quantitative estimate of drug-likeness (QED) is 0.363. The van der Waals surface area contributed by atoms with Gasteiger partial charge in [0.25, 0.3) is 5.91 Å². The third-order valence-electron chi connectivity index (χ3n) is 0.551. The van der Waals surface area contributed by atoms with E-state index in [9.17, 15) is 9.59 Å². The minimum Gasteiger partial charge on any atom is -0.369 e. The summed E-state index contributed by atoms with van der Waals surface area (Å²) in [6, 6.07) is 0. The van der Waals surface area contributed by atoms with Gasteiger partial charge in [0.15, 0.2) is 0 Å². The van der Waals surface area contributed by atoms with Gasteiger partial charge in [-0.05, 0) is 0 Å². The van der Waals surface area contributed by atoms with Crippen molar-refractivity contribution in [1.29, 1.82) is 0 Å². The van der Waals surface area contributed by atoms with Gasteiger partial charge in [-0.25, -0.2) is 5.48 Å². The molecular formula is C4H8N2O3. The predicted octanol–water partition coefficient (Wildman–Crippen LogP) is -1.46. The van der Waals surface area contributed by atoms with Crippen molar-refractivity contribution in [3.8, 4) is 0 Å². The molecule has 0 saturated carbocycles. The summed E-state index contributed by atoms with van der Waals surface area (Å²) in [4.78, 5) is 24.5. The van der Waals surface area contributed by atoms with E-state index in [-0.39, 0.29) is 6.42 Å². The smallest absolute Gasteiger partial charge is 0.252 e. The van der Waals surface area contributed by atoms with E-state index >= 15 is 0 Å². The Morgan fingerprint density at radius 2 is 2.22 bits per heavy atom. The summed E-state index contributed by atoms with van der Waals surface area (Å²) in [6.07, 6.45) is -0.339. The summed E-state index contributed by atoms with van der Waals surface area (Å²) < 4.78 is 0. The lowest BCUT2D eigenvalue weighted by Gasteiger charge is -1.96. The number of amides is 2. The van der Waals surface area contributed by atoms with E-state index < -0.39 is 11.8 Å². The van der Waals surface area contributed by atoms with E-state index in [0.717, 1.165) is 0 Å². The number of hydrogen-bond donors (Lipinski definition) is 2. The first-order chi connectivity index (χ1) is 4.16. The van der Waals surface area contributed by atoms with Crippen LogP contribution in [0.2, 0.25) is 0 Å². The van der Waals surface area contributed by atoms with Crippen LogP contribution in [-0.4, -0.2) is 18.9 Å². The molecule has 9 heavy (non-hydrogen) atoms. The fourth-order valence-corrected chi connectivity index (χ4v) is 0.308. The van der Waals surface area contributed by atoms with Crippen molar-refractivity contribution in [3.63, 3.8) is 0 Å². The van der Waals surface area contributed by atoms with Crippen LogP contribution in [0.3, 0.4) is 0 Å². The molecule has 0 aliphatic rings. The van der Waals surface area contributed by atoms with Crippen molar-refractivity contribution < 1.29 is 14.4 Å². The fraction of sp³-hybridized carbons (Fsp3) is 0.500. The van der Waals surface area contributed by atoms with Crippen LogP contribution >= 0.6 is 0 Å². The molecule has 0 aromatic rings. The number of primary amides is 1. The van der Waals surface area contributed by atoms with Gasteiger partial charge in [-0.3, -0.25) is 14.4 Å². The lowest BCUT2D eigenvalue weighted by Crippen LogP contribution is -2.27. The van der Waals surface area contributed by atoms with Crippen LogP contribution in [-0.2, 0) is 14.4 Å². The Kier molecular flexibility index (Phi) is 3.38. The van der Waals surface area contributed by atoms with Crippen molar-refractivity contribution >= 4 is 11.8 Å². The average molecular weight is 132 g/mol. The summed E-state index contributed by atoms with van der Waals surface area (Å²) in [7, 11) is 1.28. The van der Waals surface area contributed by atoms with Gasteiger partial charge in [0.2, 0.25) is 5.91 Å². The summed E-state index contributed by atoms with van der Waals surface area (Å²) in [5.41, 5.74) is 6.61. The molecular weight excluding hydrogens is 124 g/mol. The van der Waals surface area contributed by atoms with E-state index in [1.54, 1.807) is 0 Å². The number of carbonyl (C=O) groups excluding carboxylic acids is 2. The van der Waals surface area contributed by atoms with Crippen LogP contribution in [0.4, 0.5) is 0 Å². The molecule has 0 fully saturated rings. The Balaban J connectivity index is 3.39. The van der Waals surface area contributed by atoms with Crippen molar-refractivity contribution in [1.82, 2.24) is 5.48 Å². The maximum absolute atomic E-state index is 10.3. The Bertz CT molecular complexity index is 123. The molecule has 5 heteroatoms. The van der Waals surface area contributed by atoms with Crippen LogP contribution in [0.15, 0.2) is 0 Å². The third-order valence-corrected chi connectivity index (χ3v) is 0.551. The van der Waals surface area contributed by atoms with Crippen molar-refractivity contribution in [2.24, 2.45) is 5.73 Å². The molecule has 0 spiro atoms. The first-order valence-electron chi connectivity index (χ1n) is 2.27. The van der Waals surface area contributed by atoms with Gasteiger partial charge < -0.3 is 5.73 Å². The molecule has 5 nitrogen and oxygen atoms in total. The van der Waals surface area contributed by atoms with Crippen LogP contribution in [0.5, 0.6) is 0 Å². The normalized spacial score (nSPS) is 8.56. The molecule has 0 aliphatic carbocycles. The molecule has 3 N–H and O–H groups in total. The summed E-state index contributed by atoms with van der Waals surface area (Å²) in [5.74, 6) is -1.21. The SMILES string of the molecule is CONC(=O)CC(N)=O. The number of hydrogen-bond acceptors (Lipinski definition) is 3. The lowest BCUT2D eigenvalue weighted by molar-refractivity contribution is -0.135. The predicted molar refractivity (Wildman–Crippen MR) is 29.0 cm³/mol. The molecule has 0 heterocycles. The summed E-state index contributed by atoms with van der Waals surface area (Å²) >= 11 is 0. The van der Waals surface area contributed by atoms with E-state index in [4.69, 9.17) is 0 Å². The molecule has 52 valence electrons. The zero-order valence-corrected chi connectivity index (χ0v) is 5.01. The van der Waals surface area contributed by atoms with Crippen molar-refractivity contribution in [3.05, 3.63) is 0 Å². The highest BCUT2D eigenvalue weighted by Gasteiger charge is 2.02. The third kappa shape index (κ3) is 4.76. The highest BCUT2D eigenvalue weighted by Crippen LogP contribution is 1.74. The highest BCUT2D eigenvalue weighted by atomic mass is 16.6. The van der Waals surface area contributed by atoms with Gasteiger partial charge in [-0.15, -0.1) is 0 Å². The van der Waals surface area contributed by atoms with E-state index in [0.29, 0.717) is 0 Å².